The number of hydrogen-bond acceptors (Lipinski definition) is 4. The Morgan fingerprint density at radius 3 is 2.68 bits per heavy atom. The Morgan fingerprint density at radius 1 is 1.21 bits per heavy atom. The summed E-state index contributed by atoms with van der Waals surface area (Å²) in [5.74, 6) is -0.817. The fraction of sp³-hybridized carbons (Fsp3) is 0.154. The zero-order valence-electron chi connectivity index (χ0n) is 10.1. The molecule has 0 spiro atoms. The highest BCUT2D eigenvalue weighted by Crippen LogP contribution is 2.18. The van der Waals surface area contributed by atoms with Gasteiger partial charge in [0.2, 0.25) is 0 Å². The minimum atomic E-state index is -3.60. The molecule has 100 valence electrons. The van der Waals surface area contributed by atoms with E-state index in [1.165, 1.54) is 18.2 Å². The summed E-state index contributed by atoms with van der Waals surface area (Å²) in [4.78, 5) is 3.99. The number of sulfone groups is 1. The smallest absolute Gasteiger partial charge is 0.182 e. The van der Waals surface area contributed by atoms with E-state index in [4.69, 9.17) is 5.73 Å². The molecule has 0 amide bonds. The van der Waals surface area contributed by atoms with E-state index in [-0.39, 0.29) is 17.2 Å². The fourth-order valence-corrected chi connectivity index (χ4v) is 3.15. The number of nitrogens with two attached hydrogens (primary N) is 1. The van der Waals surface area contributed by atoms with E-state index in [2.05, 4.69) is 4.98 Å². The number of rotatable bonds is 4. The molecule has 0 bridgehead atoms. The predicted molar refractivity (Wildman–Crippen MR) is 69.4 cm³/mol. The van der Waals surface area contributed by atoms with Gasteiger partial charge in [0, 0.05) is 12.7 Å². The third-order valence-corrected chi connectivity index (χ3v) is 4.34. The molecule has 0 aliphatic rings. The van der Waals surface area contributed by atoms with Gasteiger partial charge in [0.25, 0.3) is 0 Å². The molecule has 0 unspecified atom stereocenters. The lowest BCUT2D eigenvalue weighted by atomic mass is 10.2. The standard InChI is InChI=1S/C13H13FN2O2S/c14-11-4-1-5-12(7-11)19(17,18)9-10-3-2-6-16-13(10)8-15/h1-7H,8-9,15H2. The van der Waals surface area contributed by atoms with E-state index in [0.29, 0.717) is 11.3 Å². The van der Waals surface area contributed by atoms with Gasteiger partial charge >= 0.3 is 0 Å². The Kier molecular flexibility index (Phi) is 3.92. The van der Waals surface area contributed by atoms with Crippen molar-refractivity contribution in [2.75, 3.05) is 0 Å². The maximum atomic E-state index is 13.1. The molecule has 0 fully saturated rings. The van der Waals surface area contributed by atoms with Crippen LogP contribution in [0.3, 0.4) is 0 Å². The van der Waals surface area contributed by atoms with Gasteiger partial charge in [-0.05, 0) is 29.8 Å². The van der Waals surface area contributed by atoms with Gasteiger partial charge in [-0.1, -0.05) is 12.1 Å². The van der Waals surface area contributed by atoms with Crippen LogP contribution in [0, 0.1) is 5.82 Å². The van der Waals surface area contributed by atoms with Gasteiger partial charge in [-0.25, -0.2) is 12.8 Å². The van der Waals surface area contributed by atoms with Gasteiger partial charge in [0.05, 0.1) is 16.3 Å². The number of nitrogens with zero attached hydrogens (tertiary/aromatic N) is 1. The SMILES string of the molecule is NCc1ncccc1CS(=O)(=O)c1cccc(F)c1. The normalized spacial score (nSPS) is 11.5. The van der Waals surface area contributed by atoms with E-state index < -0.39 is 15.7 Å². The Morgan fingerprint density at radius 2 is 2.00 bits per heavy atom. The first kappa shape index (κ1) is 13.6. The minimum absolute atomic E-state index is 0.0423. The molecule has 0 saturated carbocycles. The molecular weight excluding hydrogens is 267 g/mol. The lowest BCUT2D eigenvalue weighted by Gasteiger charge is -2.08. The highest BCUT2D eigenvalue weighted by molar-refractivity contribution is 7.90. The monoisotopic (exact) mass is 280 g/mol. The van der Waals surface area contributed by atoms with Gasteiger partial charge in [-0.2, -0.15) is 0 Å². The third-order valence-electron chi connectivity index (χ3n) is 2.68. The van der Waals surface area contributed by atoms with Crippen LogP contribution in [0.5, 0.6) is 0 Å². The van der Waals surface area contributed by atoms with Crippen molar-refractivity contribution in [1.82, 2.24) is 4.98 Å². The van der Waals surface area contributed by atoms with Crippen molar-refractivity contribution in [2.24, 2.45) is 5.73 Å². The zero-order chi connectivity index (χ0) is 13.9. The Hall–Kier alpha value is -1.79. The van der Waals surface area contributed by atoms with E-state index in [1.807, 2.05) is 0 Å². The van der Waals surface area contributed by atoms with Crippen LogP contribution in [0.25, 0.3) is 0 Å². The molecule has 6 heteroatoms. The Bertz CT molecular complexity index is 687. The summed E-state index contributed by atoms with van der Waals surface area (Å²) < 4.78 is 37.5. The van der Waals surface area contributed by atoms with Crippen LogP contribution >= 0.6 is 0 Å². The fourth-order valence-electron chi connectivity index (χ4n) is 1.74. The van der Waals surface area contributed by atoms with Crippen molar-refractivity contribution >= 4 is 9.84 Å². The number of aromatic nitrogens is 1. The number of pyridine rings is 1. The molecule has 1 heterocycles. The predicted octanol–water partition coefficient (Wildman–Crippen LogP) is 1.65. The highest BCUT2D eigenvalue weighted by atomic mass is 32.2. The van der Waals surface area contributed by atoms with Crippen molar-refractivity contribution in [3.05, 3.63) is 59.7 Å². The van der Waals surface area contributed by atoms with Crippen molar-refractivity contribution < 1.29 is 12.8 Å². The quantitative estimate of drug-likeness (QED) is 0.924. The van der Waals surface area contributed by atoms with Crippen molar-refractivity contribution in [3.63, 3.8) is 0 Å². The third kappa shape index (κ3) is 3.15. The second-order valence-electron chi connectivity index (χ2n) is 4.03. The second-order valence-corrected chi connectivity index (χ2v) is 6.02. The van der Waals surface area contributed by atoms with Gasteiger partial charge in [0.1, 0.15) is 5.82 Å². The van der Waals surface area contributed by atoms with E-state index >= 15 is 0 Å². The van der Waals surface area contributed by atoms with Crippen LogP contribution in [-0.2, 0) is 22.1 Å². The molecule has 1 aromatic heterocycles. The Labute approximate surface area is 111 Å². The van der Waals surface area contributed by atoms with Crippen molar-refractivity contribution in [3.8, 4) is 0 Å². The summed E-state index contributed by atoms with van der Waals surface area (Å²) in [7, 11) is -3.60. The minimum Gasteiger partial charge on any atom is -0.325 e. The first-order valence-electron chi connectivity index (χ1n) is 5.64. The number of benzene rings is 1. The molecule has 1 aromatic carbocycles. The lowest BCUT2D eigenvalue weighted by Crippen LogP contribution is -2.10. The topological polar surface area (TPSA) is 73.0 Å². The summed E-state index contributed by atoms with van der Waals surface area (Å²) >= 11 is 0. The van der Waals surface area contributed by atoms with Gasteiger partial charge in [0.15, 0.2) is 9.84 Å². The first-order valence-corrected chi connectivity index (χ1v) is 7.29. The molecule has 2 rings (SSSR count). The molecule has 0 aliphatic carbocycles. The summed E-state index contributed by atoms with van der Waals surface area (Å²) in [6.07, 6.45) is 1.56. The lowest BCUT2D eigenvalue weighted by molar-refractivity contribution is 0.589. The van der Waals surface area contributed by atoms with E-state index in [1.54, 1.807) is 18.3 Å². The molecule has 0 saturated heterocycles. The molecular formula is C13H13FN2O2S. The van der Waals surface area contributed by atoms with Crippen LogP contribution in [-0.4, -0.2) is 13.4 Å². The van der Waals surface area contributed by atoms with Crippen LogP contribution < -0.4 is 5.73 Å². The van der Waals surface area contributed by atoms with Gasteiger partial charge in [-0.3, -0.25) is 4.98 Å². The van der Waals surface area contributed by atoms with Gasteiger partial charge < -0.3 is 5.73 Å². The zero-order valence-corrected chi connectivity index (χ0v) is 10.9. The molecule has 0 atom stereocenters. The van der Waals surface area contributed by atoms with Crippen molar-refractivity contribution in [1.29, 1.82) is 0 Å². The first-order chi connectivity index (χ1) is 9.03. The Balaban J connectivity index is 2.37. The molecule has 2 N–H and O–H groups in total. The largest absolute Gasteiger partial charge is 0.325 e. The maximum Gasteiger partial charge on any atom is 0.182 e. The summed E-state index contributed by atoms with van der Waals surface area (Å²) in [6, 6.07) is 8.26. The molecule has 4 nitrogen and oxygen atoms in total. The van der Waals surface area contributed by atoms with Crippen molar-refractivity contribution in [2.45, 2.75) is 17.2 Å². The highest BCUT2D eigenvalue weighted by Gasteiger charge is 2.17. The van der Waals surface area contributed by atoms with Crippen LogP contribution in [0.1, 0.15) is 11.3 Å². The van der Waals surface area contributed by atoms with Gasteiger partial charge in [-0.15, -0.1) is 0 Å². The van der Waals surface area contributed by atoms with Crippen LogP contribution in [0.2, 0.25) is 0 Å². The maximum absolute atomic E-state index is 13.1. The van der Waals surface area contributed by atoms with Crippen LogP contribution in [0.4, 0.5) is 4.39 Å². The molecule has 0 radical (unpaired) electrons. The van der Waals surface area contributed by atoms with Crippen LogP contribution in [0.15, 0.2) is 47.5 Å². The average Bonchev–Trinajstić information content (AvgIpc) is 2.39. The second kappa shape index (κ2) is 5.46. The van der Waals surface area contributed by atoms with E-state index in [0.717, 1.165) is 6.07 Å². The molecule has 2 aromatic rings. The summed E-state index contributed by atoms with van der Waals surface area (Å²) in [6.45, 7) is 0.162. The molecule has 19 heavy (non-hydrogen) atoms. The number of halogens is 1. The summed E-state index contributed by atoms with van der Waals surface area (Å²) in [5.41, 5.74) is 6.58. The summed E-state index contributed by atoms with van der Waals surface area (Å²) in [5, 5.41) is 0. The molecule has 0 aliphatic heterocycles. The average molecular weight is 280 g/mol. The number of hydrogen-bond donors (Lipinski definition) is 1. The van der Waals surface area contributed by atoms with E-state index in [9.17, 15) is 12.8 Å².